The minimum absolute atomic E-state index is 0.187. The number of rotatable bonds is 8. The van der Waals surface area contributed by atoms with Crippen molar-refractivity contribution in [1.29, 1.82) is 0 Å². The first-order valence-corrected chi connectivity index (χ1v) is 10.8. The summed E-state index contributed by atoms with van der Waals surface area (Å²) in [7, 11) is 3.64. The minimum atomic E-state index is -0.312. The van der Waals surface area contributed by atoms with E-state index in [1.807, 2.05) is 69.7 Å². The van der Waals surface area contributed by atoms with E-state index in [2.05, 4.69) is 20.9 Å². The van der Waals surface area contributed by atoms with Crippen LogP contribution in [-0.2, 0) is 11.3 Å². The predicted molar refractivity (Wildman–Crippen MR) is 127 cm³/mol. The van der Waals surface area contributed by atoms with Gasteiger partial charge in [0.1, 0.15) is 0 Å². The molecule has 2 aromatic carbocycles. The van der Waals surface area contributed by atoms with Crippen molar-refractivity contribution >= 4 is 39.7 Å². The molecule has 0 aliphatic rings. The summed E-state index contributed by atoms with van der Waals surface area (Å²) in [6.07, 6.45) is 0. The number of anilines is 3. The van der Waals surface area contributed by atoms with Crippen LogP contribution in [0, 0.1) is 13.8 Å². The van der Waals surface area contributed by atoms with E-state index in [4.69, 9.17) is 0 Å². The van der Waals surface area contributed by atoms with E-state index in [1.165, 1.54) is 11.3 Å². The van der Waals surface area contributed by atoms with Crippen LogP contribution in [0.5, 0.6) is 0 Å². The molecule has 0 spiro atoms. The Hall–Kier alpha value is -3.23. The molecular formula is C23H27N5O2S. The van der Waals surface area contributed by atoms with Crippen LogP contribution in [0.4, 0.5) is 16.5 Å². The first-order chi connectivity index (χ1) is 14.8. The lowest BCUT2D eigenvalue weighted by molar-refractivity contribution is -0.116. The molecule has 7 nitrogen and oxygen atoms in total. The van der Waals surface area contributed by atoms with Crippen LogP contribution in [0.3, 0.4) is 0 Å². The van der Waals surface area contributed by atoms with Crippen LogP contribution in [0.25, 0.3) is 0 Å². The summed E-state index contributed by atoms with van der Waals surface area (Å²) in [5.74, 6) is -0.499. The zero-order valence-corrected chi connectivity index (χ0v) is 19.0. The first-order valence-electron chi connectivity index (χ1n) is 9.92. The van der Waals surface area contributed by atoms with Crippen LogP contribution in [0.1, 0.15) is 27.2 Å². The molecule has 0 atom stereocenters. The third-order valence-electron chi connectivity index (χ3n) is 4.53. The number of likely N-dealkylation sites (N-methyl/N-ethyl adjacent to an activating group) is 1. The molecule has 2 amide bonds. The number of amides is 2. The summed E-state index contributed by atoms with van der Waals surface area (Å²) in [6, 6.07) is 13.5. The molecule has 0 aliphatic heterocycles. The molecule has 3 rings (SSSR count). The van der Waals surface area contributed by atoms with Crippen molar-refractivity contribution in [3.05, 3.63) is 70.2 Å². The molecule has 0 fully saturated rings. The van der Waals surface area contributed by atoms with E-state index in [0.717, 1.165) is 22.5 Å². The topological polar surface area (TPSA) is 86.4 Å². The Kier molecular flexibility index (Phi) is 7.38. The van der Waals surface area contributed by atoms with E-state index < -0.39 is 0 Å². The van der Waals surface area contributed by atoms with Gasteiger partial charge < -0.3 is 15.5 Å². The molecule has 31 heavy (non-hydrogen) atoms. The SMILES string of the molecule is Cc1csc(NC(=O)c2ccc(CNc3ccccc3C)cc2NC(=O)CN(C)C)n1. The second-order valence-corrected chi connectivity index (χ2v) is 8.44. The monoisotopic (exact) mass is 437 g/mol. The molecular weight excluding hydrogens is 410 g/mol. The van der Waals surface area contributed by atoms with Gasteiger partial charge in [-0.15, -0.1) is 11.3 Å². The highest BCUT2D eigenvalue weighted by molar-refractivity contribution is 7.13. The molecule has 0 saturated carbocycles. The van der Waals surface area contributed by atoms with E-state index in [9.17, 15) is 9.59 Å². The summed E-state index contributed by atoms with van der Waals surface area (Å²) in [5, 5.41) is 11.5. The number of aryl methyl sites for hydroxylation is 2. The highest BCUT2D eigenvalue weighted by Gasteiger charge is 2.16. The molecule has 0 radical (unpaired) electrons. The Morgan fingerprint density at radius 3 is 2.48 bits per heavy atom. The summed E-state index contributed by atoms with van der Waals surface area (Å²) in [5.41, 5.74) is 4.85. The molecule has 0 unspecified atom stereocenters. The molecule has 0 aliphatic carbocycles. The summed E-state index contributed by atoms with van der Waals surface area (Å²) >= 11 is 1.36. The lowest BCUT2D eigenvalue weighted by Gasteiger charge is -2.15. The molecule has 1 heterocycles. The molecule has 3 N–H and O–H groups in total. The molecule has 8 heteroatoms. The highest BCUT2D eigenvalue weighted by atomic mass is 32.1. The van der Waals surface area contributed by atoms with Crippen molar-refractivity contribution in [3.63, 3.8) is 0 Å². The Balaban J connectivity index is 1.82. The van der Waals surface area contributed by atoms with Crippen molar-refractivity contribution in [2.45, 2.75) is 20.4 Å². The number of carbonyl (C=O) groups excluding carboxylic acids is 2. The van der Waals surface area contributed by atoms with Crippen molar-refractivity contribution in [3.8, 4) is 0 Å². The Bertz CT molecular complexity index is 1080. The Morgan fingerprint density at radius 1 is 1.03 bits per heavy atom. The van der Waals surface area contributed by atoms with Gasteiger partial charge >= 0.3 is 0 Å². The quantitative estimate of drug-likeness (QED) is 0.493. The average Bonchev–Trinajstić information content (AvgIpc) is 3.11. The van der Waals surface area contributed by atoms with Crippen molar-refractivity contribution < 1.29 is 9.59 Å². The van der Waals surface area contributed by atoms with E-state index >= 15 is 0 Å². The summed E-state index contributed by atoms with van der Waals surface area (Å²) in [4.78, 5) is 31.3. The number of aromatic nitrogens is 1. The molecule has 3 aromatic rings. The molecule has 1 aromatic heterocycles. The highest BCUT2D eigenvalue weighted by Crippen LogP contribution is 2.23. The van der Waals surface area contributed by atoms with Gasteiger partial charge in [-0.2, -0.15) is 0 Å². The Morgan fingerprint density at radius 2 is 1.81 bits per heavy atom. The van der Waals surface area contributed by atoms with Gasteiger partial charge in [-0.05, 0) is 57.3 Å². The maximum atomic E-state index is 12.9. The second-order valence-electron chi connectivity index (χ2n) is 7.58. The van der Waals surface area contributed by atoms with Crippen LogP contribution in [0.2, 0.25) is 0 Å². The van der Waals surface area contributed by atoms with Gasteiger partial charge in [0.15, 0.2) is 5.13 Å². The summed E-state index contributed by atoms with van der Waals surface area (Å²) < 4.78 is 0. The van der Waals surface area contributed by atoms with Crippen molar-refractivity contribution in [2.24, 2.45) is 0 Å². The van der Waals surface area contributed by atoms with Gasteiger partial charge in [-0.1, -0.05) is 24.3 Å². The first kappa shape index (κ1) is 22.5. The normalized spacial score (nSPS) is 10.7. The number of benzene rings is 2. The summed E-state index contributed by atoms with van der Waals surface area (Å²) in [6.45, 7) is 4.70. The third-order valence-corrected chi connectivity index (χ3v) is 5.41. The van der Waals surface area contributed by atoms with Gasteiger partial charge in [-0.3, -0.25) is 14.9 Å². The van der Waals surface area contributed by atoms with Gasteiger partial charge in [0, 0.05) is 17.6 Å². The van der Waals surface area contributed by atoms with Gasteiger partial charge in [0.25, 0.3) is 5.91 Å². The maximum Gasteiger partial charge on any atom is 0.259 e. The average molecular weight is 438 g/mol. The molecule has 0 bridgehead atoms. The van der Waals surface area contributed by atoms with Crippen molar-refractivity contribution in [2.75, 3.05) is 36.6 Å². The van der Waals surface area contributed by atoms with E-state index in [1.54, 1.807) is 11.0 Å². The van der Waals surface area contributed by atoms with Crippen LogP contribution < -0.4 is 16.0 Å². The van der Waals surface area contributed by atoms with E-state index in [-0.39, 0.29) is 18.4 Å². The number of nitrogens with one attached hydrogen (secondary N) is 3. The van der Waals surface area contributed by atoms with Gasteiger partial charge in [-0.25, -0.2) is 4.98 Å². The number of para-hydroxylation sites is 1. The van der Waals surface area contributed by atoms with Crippen molar-refractivity contribution in [1.82, 2.24) is 9.88 Å². The number of hydrogen-bond acceptors (Lipinski definition) is 6. The van der Waals surface area contributed by atoms with Crippen LogP contribution >= 0.6 is 11.3 Å². The molecule has 0 saturated heterocycles. The number of thiazole rings is 1. The zero-order valence-electron chi connectivity index (χ0n) is 18.2. The predicted octanol–water partition coefficient (Wildman–Crippen LogP) is 4.12. The maximum absolute atomic E-state index is 12.9. The Labute approximate surface area is 186 Å². The van der Waals surface area contributed by atoms with Crippen LogP contribution in [-0.4, -0.2) is 42.3 Å². The second kappa shape index (κ2) is 10.2. The fourth-order valence-electron chi connectivity index (χ4n) is 3.02. The zero-order chi connectivity index (χ0) is 22.4. The number of carbonyl (C=O) groups is 2. The minimum Gasteiger partial charge on any atom is -0.381 e. The lowest BCUT2D eigenvalue weighted by atomic mass is 10.1. The van der Waals surface area contributed by atoms with Crippen LogP contribution in [0.15, 0.2) is 47.8 Å². The van der Waals surface area contributed by atoms with Gasteiger partial charge in [0.05, 0.1) is 23.5 Å². The van der Waals surface area contributed by atoms with Gasteiger partial charge in [0.2, 0.25) is 5.91 Å². The lowest BCUT2D eigenvalue weighted by Crippen LogP contribution is -2.28. The largest absolute Gasteiger partial charge is 0.381 e. The smallest absolute Gasteiger partial charge is 0.259 e. The standard InChI is InChI=1S/C23H27N5O2S/c1-15-7-5-6-8-19(15)24-12-17-9-10-18(20(11-17)26-21(29)13-28(3)4)22(30)27-23-25-16(2)14-31-23/h5-11,14,24H,12-13H2,1-4H3,(H,26,29)(H,25,27,30). The van der Waals surface area contributed by atoms with E-state index in [0.29, 0.717) is 22.9 Å². The fourth-order valence-corrected chi connectivity index (χ4v) is 3.71. The number of hydrogen-bond donors (Lipinski definition) is 3. The molecule has 162 valence electrons. The fraction of sp³-hybridized carbons (Fsp3) is 0.261. The third kappa shape index (κ3) is 6.37. The number of nitrogens with zero attached hydrogens (tertiary/aromatic N) is 2.